The molecule has 1 aromatic carbocycles. The van der Waals surface area contributed by atoms with Crippen molar-refractivity contribution >= 4 is 11.9 Å². The number of azide groups is 1. The molecule has 2 aliphatic heterocycles. The molecular weight excluding hydrogens is 394 g/mol. The van der Waals surface area contributed by atoms with E-state index in [4.69, 9.17) is 29.2 Å². The highest BCUT2D eigenvalue weighted by Gasteiger charge is 2.52. The lowest BCUT2D eigenvalue weighted by Crippen LogP contribution is -2.57. The molecule has 3 rings (SSSR count). The van der Waals surface area contributed by atoms with Gasteiger partial charge in [0.25, 0.3) is 0 Å². The van der Waals surface area contributed by atoms with Crippen LogP contribution >= 0.6 is 0 Å². The highest BCUT2D eigenvalue weighted by atomic mass is 16.7. The van der Waals surface area contributed by atoms with Crippen LogP contribution < -0.4 is 0 Å². The Kier molecular flexibility index (Phi) is 7.28. The van der Waals surface area contributed by atoms with Gasteiger partial charge < -0.3 is 23.7 Å². The van der Waals surface area contributed by atoms with E-state index in [2.05, 4.69) is 10.0 Å². The summed E-state index contributed by atoms with van der Waals surface area (Å²) >= 11 is 0. The molecule has 10 nitrogen and oxygen atoms in total. The van der Waals surface area contributed by atoms with E-state index in [0.717, 1.165) is 5.56 Å². The third-order valence-corrected chi connectivity index (χ3v) is 5.15. The van der Waals surface area contributed by atoms with Crippen LogP contribution in [0.5, 0.6) is 0 Å². The molecule has 30 heavy (non-hydrogen) atoms. The van der Waals surface area contributed by atoms with Crippen LogP contribution in [0.15, 0.2) is 35.4 Å². The summed E-state index contributed by atoms with van der Waals surface area (Å²) in [5.41, 5.74) is 9.79. The lowest BCUT2D eigenvalue weighted by atomic mass is 9.82. The maximum atomic E-state index is 11.8. The number of benzene rings is 1. The summed E-state index contributed by atoms with van der Waals surface area (Å²) < 4.78 is 28.8. The van der Waals surface area contributed by atoms with Gasteiger partial charge in [0.1, 0.15) is 18.8 Å². The largest absolute Gasteiger partial charge is 0.463 e. The van der Waals surface area contributed by atoms with Crippen molar-refractivity contribution in [1.29, 1.82) is 0 Å². The van der Waals surface area contributed by atoms with Crippen molar-refractivity contribution in [2.75, 3.05) is 13.2 Å². The molecule has 162 valence electrons. The van der Waals surface area contributed by atoms with Crippen LogP contribution in [0.2, 0.25) is 0 Å². The van der Waals surface area contributed by atoms with Crippen molar-refractivity contribution in [3.63, 3.8) is 0 Å². The number of hydrogen-bond donors (Lipinski definition) is 0. The van der Waals surface area contributed by atoms with E-state index >= 15 is 0 Å². The molecule has 0 spiro atoms. The zero-order chi connectivity index (χ0) is 21.7. The standard InChI is InChI=1S/C20H25N3O7/c1-11-18(30-20(28-11)14-7-5-4-6-8-14)17-16(10-26-12(2)24)27-9-15(22-23-21)19(17)29-13(3)25/h4-8,11,15-20H,9-10H2,1-3H3/t11?,15?,16?,17-,18?,19-,20?/m0/s1. The maximum Gasteiger partial charge on any atom is 0.302 e. The van der Waals surface area contributed by atoms with Gasteiger partial charge in [0.15, 0.2) is 6.29 Å². The van der Waals surface area contributed by atoms with E-state index in [-0.39, 0.29) is 19.3 Å². The van der Waals surface area contributed by atoms with Gasteiger partial charge in [-0.2, -0.15) is 0 Å². The number of carbonyl (C=O) groups excluding carboxylic acids is 2. The fraction of sp³-hybridized carbons (Fsp3) is 0.600. The van der Waals surface area contributed by atoms with E-state index in [1.54, 1.807) is 0 Å². The Bertz CT molecular complexity index is 799. The van der Waals surface area contributed by atoms with Gasteiger partial charge in [-0.25, -0.2) is 0 Å². The molecule has 0 amide bonds. The summed E-state index contributed by atoms with van der Waals surface area (Å²) in [4.78, 5) is 26.0. The summed E-state index contributed by atoms with van der Waals surface area (Å²) in [6.45, 7) is 4.40. The third-order valence-electron chi connectivity index (χ3n) is 5.15. The first-order valence-corrected chi connectivity index (χ1v) is 9.73. The predicted molar refractivity (Wildman–Crippen MR) is 103 cm³/mol. The quantitative estimate of drug-likeness (QED) is 0.300. The number of hydrogen-bond acceptors (Lipinski definition) is 8. The Balaban J connectivity index is 1.90. The monoisotopic (exact) mass is 419 g/mol. The molecule has 0 saturated carbocycles. The van der Waals surface area contributed by atoms with Crippen LogP contribution in [-0.4, -0.2) is 55.6 Å². The Hall–Kier alpha value is -2.65. The summed E-state index contributed by atoms with van der Waals surface area (Å²) in [5, 5.41) is 3.75. The first-order chi connectivity index (χ1) is 14.4. The van der Waals surface area contributed by atoms with Crippen molar-refractivity contribution in [2.45, 2.75) is 57.5 Å². The molecule has 2 saturated heterocycles. The minimum atomic E-state index is -0.821. The second-order valence-electron chi connectivity index (χ2n) is 7.28. The number of rotatable bonds is 6. The van der Waals surface area contributed by atoms with Gasteiger partial charge >= 0.3 is 11.9 Å². The maximum absolute atomic E-state index is 11.8. The van der Waals surface area contributed by atoms with Crippen LogP contribution in [0.4, 0.5) is 0 Å². The zero-order valence-corrected chi connectivity index (χ0v) is 17.0. The van der Waals surface area contributed by atoms with Crippen molar-refractivity contribution in [1.82, 2.24) is 0 Å². The van der Waals surface area contributed by atoms with E-state index < -0.39 is 48.5 Å². The molecule has 0 bridgehead atoms. The average Bonchev–Trinajstić information content (AvgIpc) is 3.09. The minimum Gasteiger partial charge on any atom is -0.463 e. The lowest BCUT2D eigenvalue weighted by molar-refractivity contribution is -0.192. The Morgan fingerprint density at radius 2 is 1.93 bits per heavy atom. The van der Waals surface area contributed by atoms with Crippen LogP contribution in [0.1, 0.15) is 32.6 Å². The van der Waals surface area contributed by atoms with Crippen LogP contribution in [0, 0.1) is 5.92 Å². The highest BCUT2D eigenvalue weighted by molar-refractivity contribution is 5.66. The van der Waals surface area contributed by atoms with Gasteiger partial charge in [-0.1, -0.05) is 35.4 Å². The van der Waals surface area contributed by atoms with E-state index in [1.165, 1.54) is 13.8 Å². The molecule has 2 fully saturated rings. The normalized spacial score (nSPS) is 33.4. The van der Waals surface area contributed by atoms with Gasteiger partial charge in [-0.05, 0) is 12.5 Å². The Morgan fingerprint density at radius 1 is 1.20 bits per heavy atom. The number of ether oxygens (including phenoxy) is 5. The molecule has 0 aliphatic carbocycles. The molecule has 2 heterocycles. The second kappa shape index (κ2) is 9.90. The molecular formula is C20H25N3O7. The van der Waals surface area contributed by atoms with E-state index in [1.807, 2.05) is 37.3 Å². The topological polar surface area (TPSA) is 129 Å². The Morgan fingerprint density at radius 3 is 2.57 bits per heavy atom. The average molecular weight is 419 g/mol. The summed E-state index contributed by atoms with van der Waals surface area (Å²) in [7, 11) is 0. The minimum absolute atomic E-state index is 0.0223. The number of carbonyl (C=O) groups is 2. The van der Waals surface area contributed by atoms with Crippen LogP contribution in [-0.2, 0) is 33.3 Å². The van der Waals surface area contributed by atoms with Crippen molar-refractivity contribution < 1.29 is 33.3 Å². The summed E-state index contributed by atoms with van der Waals surface area (Å²) in [6.07, 6.45) is -3.01. The Labute approximate surface area is 174 Å². The third kappa shape index (κ3) is 5.09. The van der Waals surface area contributed by atoms with E-state index in [9.17, 15) is 9.59 Å². The van der Waals surface area contributed by atoms with Crippen molar-refractivity contribution in [2.24, 2.45) is 11.0 Å². The number of nitrogens with zero attached hydrogens (tertiary/aromatic N) is 3. The first kappa shape index (κ1) is 22.0. The lowest BCUT2D eigenvalue weighted by Gasteiger charge is -2.43. The predicted octanol–water partition coefficient (Wildman–Crippen LogP) is 2.68. The SMILES string of the molecule is CC(=O)OCC1OCC(N=[N+]=[N-])[C@H](OC(C)=O)[C@@H]1C1OC(c2ccccc2)OC1C. The molecule has 5 unspecified atom stereocenters. The van der Waals surface area contributed by atoms with Gasteiger partial charge in [0.05, 0.1) is 30.8 Å². The van der Waals surface area contributed by atoms with Crippen LogP contribution in [0.25, 0.3) is 10.4 Å². The van der Waals surface area contributed by atoms with E-state index in [0.29, 0.717) is 0 Å². The fourth-order valence-electron chi connectivity index (χ4n) is 3.90. The molecule has 10 heteroatoms. The first-order valence-electron chi connectivity index (χ1n) is 9.73. The van der Waals surface area contributed by atoms with Gasteiger partial charge in [-0.3, -0.25) is 9.59 Å². The van der Waals surface area contributed by atoms with Crippen molar-refractivity contribution in [3.05, 3.63) is 46.3 Å². The van der Waals surface area contributed by atoms with Crippen LogP contribution in [0.3, 0.4) is 0 Å². The van der Waals surface area contributed by atoms with Gasteiger partial charge in [0.2, 0.25) is 0 Å². The molecule has 0 radical (unpaired) electrons. The van der Waals surface area contributed by atoms with Gasteiger partial charge in [0, 0.05) is 24.3 Å². The summed E-state index contributed by atoms with van der Waals surface area (Å²) in [6, 6.07) is 8.69. The smallest absolute Gasteiger partial charge is 0.302 e. The molecule has 2 aliphatic rings. The highest BCUT2D eigenvalue weighted by Crippen LogP contribution is 2.40. The fourth-order valence-corrected chi connectivity index (χ4v) is 3.90. The molecule has 0 aromatic heterocycles. The second-order valence-corrected chi connectivity index (χ2v) is 7.28. The van der Waals surface area contributed by atoms with Gasteiger partial charge in [-0.15, -0.1) is 0 Å². The zero-order valence-electron chi connectivity index (χ0n) is 17.0. The molecule has 1 aromatic rings. The molecule has 7 atom stereocenters. The van der Waals surface area contributed by atoms with Crippen molar-refractivity contribution in [3.8, 4) is 0 Å². The summed E-state index contributed by atoms with van der Waals surface area (Å²) in [5.74, 6) is -1.57. The molecule has 0 N–H and O–H groups in total. The number of esters is 2.